The number of ether oxygens (including phenoxy) is 1. The third-order valence-electron chi connectivity index (χ3n) is 2.17. The quantitative estimate of drug-likeness (QED) is 0.935. The maximum absolute atomic E-state index is 12.0. The predicted octanol–water partition coefficient (Wildman–Crippen LogP) is 2.06. The minimum absolute atomic E-state index is 0.106. The predicted molar refractivity (Wildman–Crippen MR) is 65.8 cm³/mol. The number of aromatic nitrogens is 3. The van der Waals surface area contributed by atoms with E-state index in [2.05, 4.69) is 25.0 Å². The topological polar surface area (TPSA) is 77.0 Å². The Balaban J connectivity index is 1.95. The standard InChI is InChI=1S/C12H9F3N4O2/c13-12(14,15)7-21-10-2-1-8(5-18-10)19-11(20)9-6-16-3-4-17-9/h1-6H,7H2,(H,19,20). The summed E-state index contributed by atoms with van der Waals surface area (Å²) in [6.45, 7) is -1.43. The van der Waals surface area contributed by atoms with Crippen LogP contribution in [-0.2, 0) is 0 Å². The van der Waals surface area contributed by atoms with Crippen molar-refractivity contribution >= 4 is 11.6 Å². The smallest absolute Gasteiger partial charge is 0.422 e. The molecule has 2 aromatic heterocycles. The number of nitrogens with zero attached hydrogens (tertiary/aromatic N) is 3. The number of rotatable bonds is 4. The van der Waals surface area contributed by atoms with Gasteiger partial charge in [-0.3, -0.25) is 9.78 Å². The van der Waals surface area contributed by atoms with E-state index in [9.17, 15) is 18.0 Å². The molecule has 6 nitrogen and oxygen atoms in total. The van der Waals surface area contributed by atoms with Crippen LogP contribution in [0, 0.1) is 0 Å². The molecule has 0 atom stereocenters. The van der Waals surface area contributed by atoms with Crippen LogP contribution >= 0.6 is 0 Å². The zero-order valence-electron chi connectivity index (χ0n) is 10.5. The monoisotopic (exact) mass is 298 g/mol. The number of halogens is 3. The Kier molecular flexibility index (Phi) is 4.31. The molecule has 1 amide bonds. The average Bonchev–Trinajstić information content (AvgIpc) is 2.46. The van der Waals surface area contributed by atoms with Crippen molar-refractivity contribution in [3.05, 3.63) is 42.6 Å². The van der Waals surface area contributed by atoms with Gasteiger partial charge in [0.15, 0.2) is 6.61 Å². The van der Waals surface area contributed by atoms with Crippen molar-refractivity contribution in [1.29, 1.82) is 0 Å². The molecule has 0 spiro atoms. The van der Waals surface area contributed by atoms with E-state index in [1.807, 2.05) is 0 Å². The summed E-state index contributed by atoms with van der Waals surface area (Å²) < 4.78 is 40.3. The molecule has 0 saturated heterocycles. The second-order valence-electron chi connectivity index (χ2n) is 3.83. The summed E-state index contributed by atoms with van der Waals surface area (Å²) in [6.07, 6.45) is 0.816. The van der Waals surface area contributed by atoms with Gasteiger partial charge < -0.3 is 10.1 Å². The Morgan fingerprint density at radius 1 is 1.19 bits per heavy atom. The Morgan fingerprint density at radius 3 is 2.57 bits per heavy atom. The summed E-state index contributed by atoms with van der Waals surface area (Å²) >= 11 is 0. The highest BCUT2D eigenvalue weighted by molar-refractivity contribution is 6.02. The van der Waals surface area contributed by atoms with Gasteiger partial charge in [-0.2, -0.15) is 13.2 Å². The molecule has 9 heteroatoms. The van der Waals surface area contributed by atoms with Crippen molar-refractivity contribution in [2.45, 2.75) is 6.18 Å². The van der Waals surface area contributed by atoms with Gasteiger partial charge >= 0.3 is 6.18 Å². The maximum Gasteiger partial charge on any atom is 0.422 e. The van der Waals surface area contributed by atoms with Crippen LogP contribution in [0.3, 0.4) is 0 Å². The zero-order valence-corrected chi connectivity index (χ0v) is 10.5. The second kappa shape index (κ2) is 6.16. The third kappa shape index (κ3) is 4.71. The van der Waals surface area contributed by atoms with Crippen LogP contribution in [0.4, 0.5) is 18.9 Å². The number of hydrogen-bond donors (Lipinski definition) is 1. The van der Waals surface area contributed by atoms with Gasteiger partial charge in [0.25, 0.3) is 5.91 Å². The van der Waals surface area contributed by atoms with Crippen molar-refractivity contribution in [3.8, 4) is 5.88 Å². The molecule has 0 unspecified atom stereocenters. The lowest BCUT2D eigenvalue weighted by atomic mass is 10.3. The lowest BCUT2D eigenvalue weighted by Gasteiger charge is -2.09. The maximum atomic E-state index is 12.0. The highest BCUT2D eigenvalue weighted by atomic mass is 19.4. The highest BCUT2D eigenvalue weighted by Gasteiger charge is 2.28. The average molecular weight is 298 g/mol. The van der Waals surface area contributed by atoms with Gasteiger partial charge in [-0.25, -0.2) is 9.97 Å². The SMILES string of the molecule is O=C(Nc1ccc(OCC(F)(F)F)nc1)c1cnccn1. The van der Waals surface area contributed by atoms with Crippen molar-refractivity contribution in [2.75, 3.05) is 11.9 Å². The fourth-order valence-electron chi connectivity index (χ4n) is 1.31. The van der Waals surface area contributed by atoms with Crippen LogP contribution in [0.15, 0.2) is 36.9 Å². The number of alkyl halides is 3. The van der Waals surface area contributed by atoms with Gasteiger partial charge in [-0.05, 0) is 6.07 Å². The van der Waals surface area contributed by atoms with E-state index in [1.54, 1.807) is 0 Å². The number of carbonyl (C=O) groups is 1. The first kappa shape index (κ1) is 14.7. The van der Waals surface area contributed by atoms with E-state index >= 15 is 0 Å². The van der Waals surface area contributed by atoms with Crippen LogP contribution in [0.1, 0.15) is 10.5 Å². The first-order valence-corrected chi connectivity index (χ1v) is 5.67. The van der Waals surface area contributed by atoms with Gasteiger partial charge in [-0.15, -0.1) is 0 Å². The van der Waals surface area contributed by atoms with Crippen LogP contribution in [0.25, 0.3) is 0 Å². The molecule has 110 valence electrons. The number of anilines is 1. The Morgan fingerprint density at radius 2 is 2.00 bits per heavy atom. The Bertz CT molecular complexity index is 602. The van der Waals surface area contributed by atoms with Crippen LogP contribution in [0.2, 0.25) is 0 Å². The fourth-order valence-corrected chi connectivity index (χ4v) is 1.31. The van der Waals surface area contributed by atoms with Gasteiger partial charge in [0, 0.05) is 18.5 Å². The van der Waals surface area contributed by atoms with E-state index in [-0.39, 0.29) is 11.6 Å². The molecule has 0 radical (unpaired) electrons. The molecule has 0 bridgehead atoms. The molecule has 0 aromatic carbocycles. The van der Waals surface area contributed by atoms with E-state index in [0.717, 1.165) is 0 Å². The molecule has 0 aliphatic rings. The van der Waals surface area contributed by atoms with E-state index in [4.69, 9.17) is 0 Å². The minimum Gasteiger partial charge on any atom is -0.468 e. The highest BCUT2D eigenvalue weighted by Crippen LogP contribution is 2.18. The zero-order chi connectivity index (χ0) is 15.3. The molecule has 2 aromatic rings. The largest absolute Gasteiger partial charge is 0.468 e. The molecule has 21 heavy (non-hydrogen) atoms. The van der Waals surface area contributed by atoms with Crippen molar-refractivity contribution < 1.29 is 22.7 Å². The Labute approximate surface area is 117 Å². The summed E-state index contributed by atoms with van der Waals surface area (Å²) in [5.41, 5.74) is 0.403. The summed E-state index contributed by atoms with van der Waals surface area (Å²) in [7, 11) is 0. The second-order valence-corrected chi connectivity index (χ2v) is 3.83. The molecular weight excluding hydrogens is 289 g/mol. The number of carbonyl (C=O) groups excluding carboxylic acids is 1. The first-order valence-electron chi connectivity index (χ1n) is 5.67. The van der Waals surface area contributed by atoms with Gasteiger partial charge in [0.1, 0.15) is 5.69 Å². The number of hydrogen-bond acceptors (Lipinski definition) is 5. The van der Waals surface area contributed by atoms with Gasteiger partial charge in [0.05, 0.1) is 18.1 Å². The van der Waals surface area contributed by atoms with Crippen LogP contribution < -0.4 is 10.1 Å². The lowest BCUT2D eigenvalue weighted by Crippen LogP contribution is -2.19. The molecule has 2 heterocycles. The molecule has 2 rings (SSSR count). The molecule has 0 aliphatic heterocycles. The normalized spacial score (nSPS) is 11.0. The third-order valence-corrected chi connectivity index (χ3v) is 2.17. The molecule has 0 saturated carbocycles. The number of nitrogens with one attached hydrogen (secondary N) is 1. The summed E-state index contributed by atoms with van der Waals surface area (Å²) in [4.78, 5) is 22.9. The fraction of sp³-hybridized carbons (Fsp3) is 0.167. The van der Waals surface area contributed by atoms with E-state index in [1.165, 1.54) is 36.9 Å². The molecular formula is C12H9F3N4O2. The number of pyridine rings is 1. The first-order chi connectivity index (χ1) is 9.94. The summed E-state index contributed by atoms with van der Waals surface area (Å²) in [5, 5.41) is 2.48. The van der Waals surface area contributed by atoms with Crippen molar-refractivity contribution in [1.82, 2.24) is 15.0 Å². The Hall–Kier alpha value is -2.71. The van der Waals surface area contributed by atoms with Crippen molar-refractivity contribution in [2.24, 2.45) is 0 Å². The lowest BCUT2D eigenvalue weighted by molar-refractivity contribution is -0.154. The van der Waals surface area contributed by atoms with Crippen LogP contribution in [-0.4, -0.2) is 33.6 Å². The van der Waals surface area contributed by atoms with Crippen molar-refractivity contribution in [3.63, 3.8) is 0 Å². The van der Waals surface area contributed by atoms with Crippen LogP contribution in [0.5, 0.6) is 5.88 Å². The minimum atomic E-state index is -4.43. The summed E-state index contributed by atoms with van der Waals surface area (Å²) in [5.74, 6) is -0.696. The molecule has 0 fully saturated rings. The number of amides is 1. The van der Waals surface area contributed by atoms with Gasteiger partial charge in [-0.1, -0.05) is 0 Å². The van der Waals surface area contributed by atoms with E-state index in [0.29, 0.717) is 5.69 Å². The summed E-state index contributed by atoms with van der Waals surface area (Å²) in [6, 6.07) is 2.59. The van der Waals surface area contributed by atoms with Gasteiger partial charge in [0.2, 0.25) is 5.88 Å². The molecule has 0 aliphatic carbocycles. The molecule has 1 N–H and O–H groups in total. The van der Waals surface area contributed by atoms with E-state index < -0.39 is 18.7 Å².